The van der Waals surface area contributed by atoms with Crippen LogP contribution in [-0.2, 0) is 11.2 Å². The fourth-order valence-corrected chi connectivity index (χ4v) is 5.20. The fraction of sp³-hybridized carbons (Fsp3) is 0.632. The first kappa shape index (κ1) is 14.7. The number of aryl methyl sites for hydroxylation is 1. The highest BCUT2D eigenvalue weighted by molar-refractivity contribution is 9.10. The number of hydrogen-bond acceptors (Lipinski definition) is 1. The van der Waals surface area contributed by atoms with E-state index in [1.165, 1.54) is 49.7 Å². The fourth-order valence-electron chi connectivity index (χ4n) is 4.82. The molecule has 2 nitrogen and oxygen atoms in total. The Balaban J connectivity index is 1.62. The molecule has 1 aliphatic heterocycles. The van der Waals surface area contributed by atoms with E-state index >= 15 is 0 Å². The monoisotopic (exact) mass is 361 g/mol. The van der Waals surface area contributed by atoms with Gasteiger partial charge in [0.2, 0.25) is 5.91 Å². The molecule has 2 unspecified atom stereocenters. The molecule has 0 bridgehead atoms. The maximum Gasteiger partial charge on any atom is 0.223 e. The molecule has 0 N–H and O–H groups in total. The van der Waals surface area contributed by atoms with Crippen molar-refractivity contribution in [2.24, 2.45) is 11.8 Å². The molecule has 0 aromatic heterocycles. The van der Waals surface area contributed by atoms with Crippen LogP contribution < -0.4 is 0 Å². The van der Waals surface area contributed by atoms with Gasteiger partial charge in [-0.3, -0.25) is 4.79 Å². The van der Waals surface area contributed by atoms with Crippen LogP contribution in [0.2, 0.25) is 0 Å². The second kappa shape index (κ2) is 5.99. The Morgan fingerprint density at radius 2 is 1.95 bits per heavy atom. The van der Waals surface area contributed by atoms with Crippen molar-refractivity contribution < 1.29 is 4.79 Å². The summed E-state index contributed by atoms with van der Waals surface area (Å²) in [5, 5.41) is 0. The summed E-state index contributed by atoms with van der Waals surface area (Å²) in [5.41, 5.74) is 2.86. The van der Waals surface area contributed by atoms with Crippen molar-refractivity contribution in [3.8, 4) is 0 Å². The van der Waals surface area contributed by atoms with Gasteiger partial charge in [0, 0.05) is 17.4 Å². The predicted octanol–water partition coefficient (Wildman–Crippen LogP) is 4.87. The van der Waals surface area contributed by atoms with Crippen LogP contribution in [0.25, 0.3) is 0 Å². The van der Waals surface area contributed by atoms with Crippen LogP contribution in [0.4, 0.5) is 0 Å². The van der Waals surface area contributed by atoms with E-state index < -0.39 is 0 Å². The Bertz CT molecular complexity index is 579. The molecule has 4 rings (SSSR count). The summed E-state index contributed by atoms with van der Waals surface area (Å²) in [6, 6.07) is 6.99. The van der Waals surface area contributed by atoms with Gasteiger partial charge in [-0.15, -0.1) is 0 Å². The van der Waals surface area contributed by atoms with E-state index in [0.717, 1.165) is 29.8 Å². The van der Waals surface area contributed by atoms with Crippen LogP contribution >= 0.6 is 15.9 Å². The second-order valence-corrected chi connectivity index (χ2v) is 8.26. The molecule has 2 aliphatic carbocycles. The van der Waals surface area contributed by atoms with Crippen LogP contribution in [0.1, 0.15) is 62.1 Å². The van der Waals surface area contributed by atoms with E-state index in [1.54, 1.807) is 0 Å². The second-order valence-electron chi connectivity index (χ2n) is 7.34. The van der Waals surface area contributed by atoms with E-state index in [1.807, 2.05) is 0 Å². The van der Waals surface area contributed by atoms with Crippen molar-refractivity contribution in [1.29, 1.82) is 0 Å². The molecule has 1 saturated heterocycles. The SMILES string of the molecule is O=C1CC2CCc3ccc(Br)cc3C2N1CC1CCCCC1. The number of nitrogens with zero attached hydrogens (tertiary/aromatic N) is 1. The molecule has 1 saturated carbocycles. The molecule has 118 valence electrons. The Morgan fingerprint density at radius 3 is 2.77 bits per heavy atom. The minimum absolute atomic E-state index is 0.343. The molecular weight excluding hydrogens is 338 g/mol. The molecular formula is C19H24BrNO. The van der Waals surface area contributed by atoms with Gasteiger partial charge < -0.3 is 4.90 Å². The molecule has 0 radical (unpaired) electrons. The van der Waals surface area contributed by atoms with Crippen molar-refractivity contribution in [3.63, 3.8) is 0 Å². The van der Waals surface area contributed by atoms with Gasteiger partial charge in [-0.2, -0.15) is 0 Å². The van der Waals surface area contributed by atoms with Crippen LogP contribution in [0.5, 0.6) is 0 Å². The zero-order valence-electron chi connectivity index (χ0n) is 13.1. The van der Waals surface area contributed by atoms with Crippen LogP contribution in [0, 0.1) is 11.8 Å². The van der Waals surface area contributed by atoms with Crippen LogP contribution in [-0.4, -0.2) is 17.4 Å². The number of carbonyl (C=O) groups is 1. The van der Waals surface area contributed by atoms with Gasteiger partial charge >= 0.3 is 0 Å². The van der Waals surface area contributed by atoms with E-state index in [0.29, 0.717) is 17.9 Å². The number of rotatable bonds is 2. The molecule has 1 aromatic rings. The Morgan fingerprint density at radius 1 is 1.14 bits per heavy atom. The van der Waals surface area contributed by atoms with E-state index in [4.69, 9.17) is 0 Å². The minimum Gasteiger partial charge on any atom is -0.335 e. The minimum atomic E-state index is 0.343. The van der Waals surface area contributed by atoms with Gasteiger partial charge in [0.1, 0.15) is 0 Å². The lowest BCUT2D eigenvalue weighted by Gasteiger charge is -2.36. The third kappa shape index (κ3) is 2.62. The highest BCUT2D eigenvalue weighted by Gasteiger charge is 2.43. The van der Waals surface area contributed by atoms with Gasteiger partial charge in [-0.05, 0) is 60.8 Å². The van der Waals surface area contributed by atoms with Gasteiger partial charge in [0.25, 0.3) is 0 Å². The van der Waals surface area contributed by atoms with Crippen molar-refractivity contribution in [3.05, 3.63) is 33.8 Å². The summed E-state index contributed by atoms with van der Waals surface area (Å²) >= 11 is 3.62. The van der Waals surface area contributed by atoms with Crippen LogP contribution in [0.3, 0.4) is 0 Å². The summed E-state index contributed by atoms with van der Waals surface area (Å²) in [4.78, 5) is 14.9. The highest BCUT2D eigenvalue weighted by atomic mass is 79.9. The van der Waals surface area contributed by atoms with Crippen molar-refractivity contribution in [1.82, 2.24) is 4.90 Å². The van der Waals surface area contributed by atoms with Crippen molar-refractivity contribution >= 4 is 21.8 Å². The highest BCUT2D eigenvalue weighted by Crippen LogP contribution is 2.46. The molecule has 22 heavy (non-hydrogen) atoms. The number of halogens is 1. The largest absolute Gasteiger partial charge is 0.335 e. The first-order chi connectivity index (χ1) is 10.7. The molecule has 1 heterocycles. The predicted molar refractivity (Wildman–Crippen MR) is 91.6 cm³/mol. The maximum atomic E-state index is 12.6. The number of hydrogen-bond donors (Lipinski definition) is 0. The average molecular weight is 362 g/mol. The van der Waals surface area contributed by atoms with Crippen molar-refractivity contribution in [2.75, 3.05) is 6.54 Å². The van der Waals surface area contributed by atoms with E-state index in [2.05, 4.69) is 39.0 Å². The maximum absolute atomic E-state index is 12.6. The molecule has 2 atom stereocenters. The molecule has 1 amide bonds. The molecule has 0 spiro atoms. The third-order valence-electron chi connectivity index (χ3n) is 5.93. The van der Waals surface area contributed by atoms with Gasteiger partial charge in [0.15, 0.2) is 0 Å². The number of amides is 1. The van der Waals surface area contributed by atoms with E-state index in [-0.39, 0.29) is 0 Å². The Kier molecular flexibility index (Phi) is 4.02. The average Bonchev–Trinajstić information content (AvgIpc) is 2.84. The summed E-state index contributed by atoms with van der Waals surface area (Å²) in [7, 11) is 0. The zero-order valence-corrected chi connectivity index (χ0v) is 14.6. The first-order valence-corrected chi connectivity index (χ1v) is 9.59. The molecule has 2 fully saturated rings. The molecule has 3 aliphatic rings. The van der Waals surface area contributed by atoms with Gasteiger partial charge in [-0.1, -0.05) is 41.3 Å². The Labute approximate surface area is 141 Å². The molecule has 1 aromatic carbocycles. The zero-order chi connectivity index (χ0) is 15.1. The topological polar surface area (TPSA) is 20.3 Å². The van der Waals surface area contributed by atoms with Crippen LogP contribution in [0.15, 0.2) is 22.7 Å². The number of benzene rings is 1. The summed E-state index contributed by atoms with van der Waals surface area (Å²) in [6.07, 6.45) is 9.78. The first-order valence-electron chi connectivity index (χ1n) is 8.80. The Hall–Kier alpha value is -0.830. The van der Waals surface area contributed by atoms with Gasteiger partial charge in [0.05, 0.1) is 6.04 Å². The number of fused-ring (bicyclic) bond motifs is 3. The smallest absolute Gasteiger partial charge is 0.223 e. The van der Waals surface area contributed by atoms with Crippen molar-refractivity contribution in [2.45, 2.75) is 57.4 Å². The standard InChI is InChI=1S/C19H24BrNO/c20-16-9-8-14-6-7-15-10-18(22)21(19(15)17(14)11-16)12-13-4-2-1-3-5-13/h8-9,11,13,15,19H,1-7,10,12H2. The van der Waals surface area contributed by atoms with Gasteiger partial charge in [-0.25, -0.2) is 0 Å². The summed E-state index contributed by atoms with van der Waals surface area (Å²) in [5.74, 6) is 1.67. The summed E-state index contributed by atoms with van der Waals surface area (Å²) in [6.45, 7) is 0.992. The third-order valence-corrected chi connectivity index (χ3v) is 6.42. The molecule has 3 heteroatoms. The lowest BCUT2D eigenvalue weighted by Crippen LogP contribution is -2.35. The lowest BCUT2D eigenvalue weighted by molar-refractivity contribution is -0.129. The number of likely N-dealkylation sites (tertiary alicyclic amines) is 1. The normalized spacial score (nSPS) is 28.6. The lowest BCUT2D eigenvalue weighted by atomic mass is 9.80. The number of carbonyl (C=O) groups excluding carboxylic acids is 1. The quantitative estimate of drug-likeness (QED) is 0.735. The summed E-state index contributed by atoms with van der Waals surface area (Å²) < 4.78 is 1.14. The van der Waals surface area contributed by atoms with E-state index in [9.17, 15) is 4.79 Å².